The molecular formula is C15H14BrN3O3S. The molecule has 0 aromatic heterocycles. The number of carbonyl (C=O) groups excluding carboxylic acids is 1. The van der Waals surface area contributed by atoms with Gasteiger partial charge in [-0.15, -0.1) is 4.40 Å². The second kappa shape index (κ2) is 5.93. The van der Waals surface area contributed by atoms with Crippen LogP contribution in [-0.2, 0) is 14.8 Å². The molecule has 0 saturated carbocycles. The molecule has 0 atom stereocenters. The summed E-state index contributed by atoms with van der Waals surface area (Å²) in [6, 6.07) is 5.65. The molecule has 0 spiro atoms. The zero-order valence-electron chi connectivity index (χ0n) is 12.3. The maximum absolute atomic E-state index is 12.4. The Bertz CT molecular complexity index is 872. The molecule has 0 bridgehead atoms. The largest absolute Gasteiger partial charge is 0.330 e. The van der Waals surface area contributed by atoms with Crippen molar-refractivity contribution in [1.29, 1.82) is 0 Å². The summed E-state index contributed by atoms with van der Waals surface area (Å²) in [4.78, 5) is 14.0. The third kappa shape index (κ3) is 3.53. The van der Waals surface area contributed by atoms with E-state index in [9.17, 15) is 13.2 Å². The van der Waals surface area contributed by atoms with Gasteiger partial charge in [0.2, 0.25) is 0 Å². The van der Waals surface area contributed by atoms with E-state index in [1.165, 1.54) is 6.08 Å². The molecule has 1 aromatic rings. The summed E-state index contributed by atoms with van der Waals surface area (Å²) >= 11 is 3.42. The van der Waals surface area contributed by atoms with Crippen LogP contribution in [0.4, 0.5) is 5.69 Å². The molecule has 6 nitrogen and oxygen atoms in total. The van der Waals surface area contributed by atoms with Crippen molar-refractivity contribution in [2.45, 2.75) is 6.92 Å². The van der Waals surface area contributed by atoms with Crippen molar-refractivity contribution in [3.63, 3.8) is 0 Å². The number of benzene rings is 1. The Kier molecular flexibility index (Phi) is 4.11. The number of rotatable bonds is 2. The Labute approximate surface area is 142 Å². The van der Waals surface area contributed by atoms with Crippen LogP contribution in [0.15, 0.2) is 51.0 Å². The summed E-state index contributed by atoms with van der Waals surface area (Å²) in [5.74, 6) is 0.0156. The average molecular weight is 396 g/mol. The molecule has 2 heterocycles. The van der Waals surface area contributed by atoms with Crippen molar-refractivity contribution >= 4 is 43.4 Å². The lowest BCUT2D eigenvalue weighted by Crippen LogP contribution is -2.37. The van der Waals surface area contributed by atoms with Gasteiger partial charge < -0.3 is 10.2 Å². The van der Waals surface area contributed by atoms with E-state index >= 15 is 0 Å². The first-order valence-corrected chi connectivity index (χ1v) is 9.31. The average Bonchev–Trinajstić information content (AvgIpc) is 2.48. The molecule has 1 N–H and O–H groups in total. The molecule has 1 amide bonds. The number of carbonyl (C=O) groups is 1. The van der Waals surface area contributed by atoms with Gasteiger partial charge in [0, 0.05) is 17.2 Å². The van der Waals surface area contributed by atoms with Crippen LogP contribution in [0.5, 0.6) is 0 Å². The lowest BCUT2D eigenvalue weighted by molar-refractivity contribution is -0.112. The summed E-state index contributed by atoms with van der Waals surface area (Å²) in [6.45, 7) is 2.25. The quantitative estimate of drug-likeness (QED) is 0.832. The number of nitrogens with zero attached hydrogens (tertiary/aromatic N) is 2. The minimum atomic E-state index is -3.39. The topological polar surface area (TPSA) is 78.8 Å². The summed E-state index contributed by atoms with van der Waals surface area (Å²) in [5.41, 5.74) is 2.20. The second-order valence-corrected chi connectivity index (χ2v) is 7.89. The Morgan fingerprint density at radius 1 is 1.35 bits per heavy atom. The van der Waals surface area contributed by atoms with E-state index in [1.54, 1.807) is 17.2 Å². The smallest absolute Gasteiger partial charge is 0.257 e. The minimum absolute atomic E-state index is 0.0563. The zero-order chi connectivity index (χ0) is 16.6. The van der Waals surface area contributed by atoms with Gasteiger partial charge in [-0.05, 0) is 52.7 Å². The van der Waals surface area contributed by atoms with E-state index in [0.29, 0.717) is 17.1 Å². The van der Waals surface area contributed by atoms with Gasteiger partial charge in [0.1, 0.15) is 5.84 Å². The Balaban J connectivity index is 1.80. The van der Waals surface area contributed by atoms with Gasteiger partial charge >= 0.3 is 0 Å². The van der Waals surface area contributed by atoms with Crippen molar-refractivity contribution in [1.82, 2.24) is 4.90 Å². The van der Waals surface area contributed by atoms with Gasteiger partial charge in [-0.1, -0.05) is 6.07 Å². The number of sulfonamides is 1. The Morgan fingerprint density at radius 2 is 2.13 bits per heavy atom. The van der Waals surface area contributed by atoms with Crippen LogP contribution in [0.1, 0.15) is 5.56 Å². The molecule has 23 heavy (non-hydrogen) atoms. The molecule has 1 aromatic carbocycles. The predicted octanol–water partition coefficient (Wildman–Crippen LogP) is 2.19. The summed E-state index contributed by atoms with van der Waals surface area (Å²) in [7, 11) is -3.39. The van der Waals surface area contributed by atoms with Gasteiger partial charge in [0.05, 0.1) is 17.0 Å². The summed E-state index contributed by atoms with van der Waals surface area (Å²) < 4.78 is 27.4. The fourth-order valence-electron chi connectivity index (χ4n) is 2.25. The highest BCUT2D eigenvalue weighted by Crippen LogP contribution is 2.24. The van der Waals surface area contributed by atoms with Crippen LogP contribution in [0.2, 0.25) is 0 Å². The monoisotopic (exact) mass is 395 g/mol. The second-order valence-electron chi connectivity index (χ2n) is 5.28. The van der Waals surface area contributed by atoms with Crippen LogP contribution in [-0.4, -0.2) is 37.4 Å². The molecule has 3 rings (SSSR count). The number of hydrogen-bond donors (Lipinski definition) is 1. The number of hydrogen-bond acceptors (Lipinski definition) is 4. The van der Waals surface area contributed by atoms with E-state index in [4.69, 9.17) is 0 Å². The fraction of sp³-hybridized carbons (Fsp3) is 0.200. The summed E-state index contributed by atoms with van der Waals surface area (Å²) in [6.07, 6.45) is 4.72. The SMILES string of the molecule is Cc1ccc(NC(=O)C2=CN3CCS(=O)(=O)N=C3C=C2)c(Br)c1. The molecule has 0 fully saturated rings. The van der Waals surface area contributed by atoms with Crippen molar-refractivity contribution in [3.05, 3.63) is 52.2 Å². The first-order chi connectivity index (χ1) is 10.8. The van der Waals surface area contributed by atoms with Crippen LogP contribution in [0, 0.1) is 6.92 Å². The van der Waals surface area contributed by atoms with Gasteiger partial charge in [-0.3, -0.25) is 4.79 Å². The lowest BCUT2D eigenvalue weighted by atomic mass is 10.1. The van der Waals surface area contributed by atoms with Crippen molar-refractivity contribution in [2.75, 3.05) is 17.6 Å². The highest BCUT2D eigenvalue weighted by Gasteiger charge is 2.25. The number of anilines is 1. The number of nitrogens with one attached hydrogen (secondary N) is 1. The standard InChI is InChI=1S/C15H14BrN3O3S/c1-10-2-4-13(12(16)8-10)17-15(20)11-3-5-14-18-23(21,22)7-6-19(14)9-11/h2-5,8-9H,6-7H2,1H3,(H,17,20). The lowest BCUT2D eigenvalue weighted by Gasteiger charge is -2.27. The normalized spacial score (nSPS) is 18.8. The highest BCUT2D eigenvalue weighted by atomic mass is 79.9. The highest BCUT2D eigenvalue weighted by molar-refractivity contribution is 9.10. The predicted molar refractivity (Wildman–Crippen MR) is 92.7 cm³/mol. The van der Waals surface area contributed by atoms with Gasteiger partial charge in [-0.2, -0.15) is 0 Å². The summed E-state index contributed by atoms with van der Waals surface area (Å²) in [5, 5.41) is 2.83. The third-order valence-electron chi connectivity index (χ3n) is 3.46. The van der Waals surface area contributed by atoms with Gasteiger partial charge in [-0.25, -0.2) is 8.42 Å². The molecule has 2 aliphatic heterocycles. The van der Waals surface area contributed by atoms with Crippen molar-refractivity contribution in [3.8, 4) is 0 Å². The van der Waals surface area contributed by atoms with E-state index in [0.717, 1.165) is 10.0 Å². The van der Waals surface area contributed by atoms with Crippen molar-refractivity contribution < 1.29 is 13.2 Å². The Morgan fingerprint density at radius 3 is 2.87 bits per heavy atom. The first kappa shape index (κ1) is 15.9. The van der Waals surface area contributed by atoms with Crippen LogP contribution >= 0.6 is 15.9 Å². The van der Waals surface area contributed by atoms with Crippen molar-refractivity contribution in [2.24, 2.45) is 4.40 Å². The Hall–Kier alpha value is -1.93. The first-order valence-electron chi connectivity index (χ1n) is 6.91. The number of halogens is 1. The number of amides is 1. The van der Waals surface area contributed by atoms with E-state index < -0.39 is 10.0 Å². The van der Waals surface area contributed by atoms with Gasteiger partial charge in [0.15, 0.2) is 0 Å². The van der Waals surface area contributed by atoms with Gasteiger partial charge in [0.25, 0.3) is 15.9 Å². The van der Waals surface area contributed by atoms with Crippen LogP contribution in [0.3, 0.4) is 0 Å². The zero-order valence-corrected chi connectivity index (χ0v) is 14.7. The van der Waals surface area contributed by atoms with Crippen LogP contribution in [0.25, 0.3) is 0 Å². The van der Waals surface area contributed by atoms with E-state index in [1.807, 2.05) is 25.1 Å². The molecule has 0 aliphatic carbocycles. The maximum Gasteiger partial charge on any atom is 0.257 e. The molecule has 0 unspecified atom stereocenters. The van der Waals surface area contributed by atoms with E-state index in [-0.39, 0.29) is 18.2 Å². The maximum atomic E-state index is 12.4. The fourth-order valence-corrected chi connectivity index (χ4v) is 3.81. The third-order valence-corrected chi connectivity index (χ3v) is 5.28. The molecule has 0 radical (unpaired) electrons. The molecule has 120 valence electrons. The number of amidine groups is 1. The molecule has 8 heteroatoms. The number of aryl methyl sites for hydroxylation is 1. The molecule has 2 aliphatic rings. The molecule has 0 saturated heterocycles. The number of fused-ring (bicyclic) bond motifs is 1. The van der Waals surface area contributed by atoms with Crippen LogP contribution < -0.4 is 5.32 Å². The van der Waals surface area contributed by atoms with E-state index in [2.05, 4.69) is 25.6 Å². The minimum Gasteiger partial charge on any atom is -0.330 e. The molecular weight excluding hydrogens is 382 g/mol.